The van der Waals surface area contributed by atoms with Crippen molar-refractivity contribution in [3.05, 3.63) is 57.4 Å². The molecule has 30 heavy (non-hydrogen) atoms. The summed E-state index contributed by atoms with van der Waals surface area (Å²) in [7, 11) is 4.42. The Labute approximate surface area is 174 Å². The van der Waals surface area contributed by atoms with E-state index in [0.717, 1.165) is 23.8 Å². The van der Waals surface area contributed by atoms with Gasteiger partial charge >= 0.3 is 11.6 Å². The van der Waals surface area contributed by atoms with Crippen molar-refractivity contribution in [3.63, 3.8) is 0 Å². The molecule has 0 aliphatic heterocycles. The highest BCUT2D eigenvalue weighted by Gasteiger charge is 2.20. The van der Waals surface area contributed by atoms with Gasteiger partial charge in [0.25, 0.3) is 0 Å². The van der Waals surface area contributed by atoms with Crippen molar-refractivity contribution in [3.8, 4) is 23.0 Å². The van der Waals surface area contributed by atoms with Crippen LogP contribution in [0.2, 0.25) is 0 Å². The fraction of sp³-hybridized carbons (Fsp3) is 0.304. The van der Waals surface area contributed by atoms with E-state index in [0.29, 0.717) is 34.1 Å². The molecule has 0 saturated heterocycles. The third-order valence-electron chi connectivity index (χ3n) is 4.82. The first kappa shape index (κ1) is 21.2. The second kappa shape index (κ2) is 8.90. The van der Waals surface area contributed by atoms with Crippen LogP contribution < -0.4 is 24.6 Å². The molecule has 7 heteroatoms. The van der Waals surface area contributed by atoms with E-state index in [1.807, 2.05) is 6.92 Å². The van der Waals surface area contributed by atoms with Crippen LogP contribution in [0.4, 0.5) is 0 Å². The summed E-state index contributed by atoms with van der Waals surface area (Å²) in [4.78, 5) is 24.8. The number of fused-ring (bicyclic) bond motifs is 1. The molecule has 0 aliphatic carbocycles. The minimum Gasteiger partial charge on any atom is -0.493 e. The number of rotatable bonds is 7. The van der Waals surface area contributed by atoms with Crippen molar-refractivity contribution < 1.29 is 28.2 Å². The lowest BCUT2D eigenvalue weighted by Crippen LogP contribution is -2.11. The highest BCUT2D eigenvalue weighted by Crippen LogP contribution is 2.38. The third-order valence-corrected chi connectivity index (χ3v) is 4.82. The summed E-state index contributed by atoms with van der Waals surface area (Å²) in [5, 5.41) is 0.835. The molecule has 3 rings (SSSR count). The van der Waals surface area contributed by atoms with Crippen molar-refractivity contribution in [1.82, 2.24) is 0 Å². The molecule has 1 heterocycles. The van der Waals surface area contributed by atoms with Crippen LogP contribution in [0.25, 0.3) is 11.0 Å². The zero-order chi connectivity index (χ0) is 21.8. The van der Waals surface area contributed by atoms with Crippen LogP contribution in [0, 0.1) is 6.92 Å². The van der Waals surface area contributed by atoms with E-state index in [2.05, 4.69) is 0 Å². The topological polar surface area (TPSA) is 84.2 Å². The number of aryl methyl sites for hydroxylation is 2. The van der Waals surface area contributed by atoms with Gasteiger partial charge in [-0.1, -0.05) is 13.3 Å². The number of carbonyl (C=O) groups excluding carboxylic acids is 1. The van der Waals surface area contributed by atoms with Crippen molar-refractivity contribution in [1.29, 1.82) is 0 Å². The Morgan fingerprint density at radius 2 is 1.63 bits per heavy atom. The van der Waals surface area contributed by atoms with Gasteiger partial charge in [0, 0.05) is 17.0 Å². The van der Waals surface area contributed by atoms with Gasteiger partial charge in [0.2, 0.25) is 5.75 Å². The molecule has 0 spiro atoms. The van der Waals surface area contributed by atoms with Crippen LogP contribution in [0.3, 0.4) is 0 Å². The quantitative estimate of drug-likeness (QED) is 0.325. The zero-order valence-electron chi connectivity index (χ0n) is 17.7. The Bertz CT molecular complexity index is 1120. The number of hydrogen-bond donors (Lipinski definition) is 0. The van der Waals surface area contributed by atoms with Crippen LogP contribution in [0.5, 0.6) is 23.0 Å². The minimum absolute atomic E-state index is 0.227. The maximum atomic E-state index is 12.8. The maximum Gasteiger partial charge on any atom is 0.343 e. The lowest BCUT2D eigenvalue weighted by Gasteiger charge is -2.14. The Morgan fingerprint density at radius 3 is 2.20 bits per heavy atom. The van der Waals surface area contributed by atoms with Gasteiger partial charge in [0.1, 0.15) is 11.3 Å². The molecule has 2 aromatic carbocycles. The van der Waals surface area contributed by atoms with Crippen LogP contribution in [-0.2, 0) is 6.42 Å². The first-order chi connectivity index (χ1) is 14.4. The van der Waals surface area contributed by atoms with E-state index < -0.39 is 11.6 Å². The van der Waals surface area contributed by atoms with Gasteiger partial charge in [-0.15, -0.1) is 0 Å². The molecule has 0 unspecified atom stereocenters. The second-order valence-corrected chi connectivity index (χ2v) is 6.71. The Kier molecular flexibility index (Phi) is 6.30. The molecule has 0 fully saturated rings. The van der Waals surface area contributed by atoms with Gasteiger partial charge in [0.15, 0.2) is 11.5 Å². The summed E-state index contributed by atoms with van der Waals surface area (Å²) in [6, 6.07) is 8.03. The summed E-state index contributed by atoms with van der Waals surface area (Å²) >= 11 is 0. The largest absolute Gasteiger partial charge is 0.493 e. The van der Waals surface area contributed by atoms with Crippen molar-refractivity contribution in [2.45, 2.75) is 26.7 Å². The molecule has 0 saturated carbocycles. The van der Waals surface area contributed by atoms with Crippen LogP contribution >= 0.6 is 0 Å². The Balaban J connectivity index is 2.01. The van der Waals surface area contributed by atoms with Crippen molar-refractivity contribution in [2.75, 3.05) is 21.3 Å². The fourth-order valence-corrected chi connectivity index (χ4v) is 3.35. The highest BCUT2D eigenvalue weighted by atomic mass is 16.5. The number of carbonyl (C=O) groups is 1. The summed E-state index contributed by atoms with van der Waals surface area (Å²) in [6.45, 7) is 3.79. The Hall–Kier alpha value is -3.48. The number of esters is 1. The molecule has 158 valence electrons. The summed E-state index contributed by atoms with van der Waals surface area (Å²) in [5.41, 5.74) is 1.70. The lowest BCUT2D eigenvalue weighted by molar-refractivity contribution is 0.0732. The van der Waals surface area contributed by atoms with Crippen molar-refractivity contribution in [2.24, 2.45) is 0 Å². The van der Waals surface area contributed by atoms with Gasteiger partial charge in [-0.3, -0.25) is 0 Å². The maximum absolute atomic E-state index is 12.8. The molecular weight excluding hydrogens is 388 g/mol. The van der Waals surface area contributed by atoms with E-state index in [1.54, 1.807) is 19.1 Å². The van der Waals surface area contributed by atoms with E-state index in [1.165, 1.54) is 39.5 Å². The van der Waals surface area contributed by atoms with Crippen LogP contribution in [0.1, 0.15) is 34.8 Å². The summed E-state index contributed by atoms with van der Waals surface area (Å²) < 4.78 is 26.9. The molecule has 1 aromatic heterocycles. The minimum atomic E-state index is -0.608. The molecule has 0 aliphatic rings. The molecule has 0 radical (unpaired) electrons. The predicted octanol–water partition coefficient (Wildman–Crippen LogP) is 4.30. The molecule has 7 nitrogen and oxygen atoms in total. The average molecular weight is 412 g/mol. The third kappa shape index (κ3) is 3.96. The van der Waals surface area contributed by atoms with E-state index >= 15 is 0 Å². The molecule has 0 N–H and O–H groups in total. The van der Waals surface area contributed by atoms with Crippen LogP contribution in [-0.4, -0.2) is 27.3 Å². The van der Waals surface area contributed by atoms with Crippen LogP contribution in [0.15, 0.2) is 39.5 Å². The number of hydrogen-bond acceptors (Lipinski definition) is 7. The molecular formula is C23H24O7. The van der Waals surface area contributed by atoms with E-state index in [9.17, 15) is 9.59 Å². The Morgan fingerprint density at radius 1 is 0.967 bits per heavy atom. The van der Waals surface area contributed by atoms with Gasteiger partial charge in [-0.2, -0.15) is 0 Å². The van der Waals surface area contributed by atoms with Gasteiger partial charge in [0.05, 0.1) is 26.9 Å². The number of methoxy groups -OCH3 is 3. The number of benzene rings is 2. The first-order valence-corrected chi connectivity index (χ1v) is 9.52. The van der Waals surface area contributed by atoms with Crippen molar-refractivity contribution >= 4 is 16.9 Å². The molecule has 3 aromatic rings. The smallest absolute Gasteiger partial charge is 0.343 e. The predicted molar refractivity (Wildman–Crippen MR) is 112 cm³/mol. The fourth-order valence-electron chi connectivity index (χ4n) is 3.35. The highest BCUT2D eigenvalue weighted by molar-refractivity contribution is 5.94. The standard InChI is InChI=1S/C23H24O7/c1-6-7-14-12-20(24)30-21-13(2)17(9-8-16(14)21)29-23(25)15-10-18(26-3)22(28-5)19(11-15)27-4/h8-12H,6-7H2,1-5H3. The van der Waals surface area contributed by atoms with Gasteiger partial charge < -0.3 is 23.4 Å². The SMILES string of the molecule is CCCc1cc(=O)oc2c(C)c(OC(=O)c3cc(OC)c(OC)c(OC)c3)ccc12. The molecule has 0 amide bonds. The second-order valence-electron chi connectivity index (χ2n) is 6.71. The summed E-state index contributed by atoms with van der Waals surface area (Å²) in [6.07, 6.45) is 1.65. The van der Waals surface area contributed by atoms with Gasteiger partial charge in [-0.05, 0) is 43.2 Å². The number of ether oxygens (including phenoxy) is 4. The lowest BCUT2D eigenvalue weighted by atomic mass is 10.0. The molecule has 0 atom stereocenters. The normalized spacial score (nSPS) is 10.7. The van der Waals surface area contributed by atoms with E-state index in [4.69, 9.17) is 23.4 Å². The van der Waals surface area contributed by atoms with E-state index in [-0.39, 0.29) is 5.56 Å². The first-order valence-electron chi connectivity index (χ1n) is 9.52. The average Bonchev–Trinajstić information content (AvgIpc) is 2.74. The molecule has 0 bridgehead atoms. The zero-order valence-corrected chi connectivity index (χ0v) is 17.7. The van der Waals surface area contributed by atoms with Gasteiger partial charge in [-0.25, -0.2) is 9.59 Å². The monoisotopic (exact) mass is 412 g/mol. The summed E-state index contributed by atoms with van der Waals surface area (Å²) in [5.74, 6) is 0.758.